The molecule has 0 aliphatic carbocycles. The standard InChI is InChI=1S/C14H17N3O4S/c18-14(8-10-4-3-7-21-10)15-9-13-16-11-5-1-2-6-12(11)22(19,20)17-13/h1-2,5-6,10H,3-4,7-9H2,(H,15,18)(H,16,17). The highest BCUT2D eigenvalue weighted by Gasteiger charge is 2.25. The molecule has 1 aromatic rings. The Morgan fingerprint density at radius 2 is 2.23 bits per heavy atom. The average molecular weight is 323 g/mol. The van der Waals surface area contributed by atoms with Gasteiger partial charge in [-0.1, -0.05) is 12.1 Å². The molecule has 0 aromatic heterocycles. The van der Waals surface area contributed by atoms with E-state index in [0.29, 0.717) is 12.3 Å². The molecule has 2 aliphatic heterocycles. The molecule has 1 atom stereocenters. The van der Waals surface area contributed by atoms with Crippen LogP contribution in [0.5, 0.6) is 0 Å². The molecule has 1 fully saturated rings. The smallest absolute Gasteiger partial charge is 0.286 e. The third kappa shape index (κ3) is 3.28. The second-order valence-electron chi connectivity index (χ2n) is 5.25. The highest BCUT2D eigenvalue weighted by atomic mass is 32.2. The van der Waals surface area contributed by atoms with Crippen LogP contribution in [-0.2, 0) is 19.6 Å². The molecule has 22 heavy (non-hydrogen) atoms. The summed E-state index contributed by atoms with van der Waals surface area (Å²) in [5, 5.41) is 5.60. The van der Waals surface area contributed by atoms with Gasteiger partial charge in [-0.15, -0.1) is 4.40 Å². The van der Waals surface area contributed by atoms with Gasteiger partial charge < -0.3 is 15.4 Å². The van der Waals surface area contributed by atoms with Gasteiger partial charge in [0.25, 0.3) is 10.0 Å². The lowest BCUT2D eigenvalue weighted by Crippen LogP contribution is -2.36. The van der Waals surface area contributed by atoms with Crippen molar-refractivity contribution in [1.82, 2.24) is 5.32 Å². The van der Waals surface area contributed by atoms with Crippen molar-refractivity contribution in [2.24, 2.45) is 4.40 Å². The van der Waals surface area contributed by atoms with E-state index in [0.717, 1.165) is 12.8 Å². The Morgan fingerprint density at radius 1 is 1.41 bits per heavy atom. The van der Waals surface area contributed by atoms with Gasteiger partial charge in [0.15, 0.2) is 0 Å². The Balaban J connectivity index is 1.62. The second kappa shape index (κ2) is 6.05. The van der Waals surface area contributed by atoms with Crippen LogP contribution in [0, 0.1) is 0 Å². The maximum atomic E-state index is 12.0. The molecule has 1 aromatic carbocycles. The SMILES string of the molecule is O=C(CC1CCCO1)NCC1=NS(=O)(=O)c2ccccc2N1. The largest absolute Gasteiger partial charge is 0.378 e. The van der Waals surface area contributed by atoms with Gasteiger partial charge in [0.05, 0.1) is 24.8 Å². The zero-order valence-corrected chi connectivity index (χ0v) is 12.7. The first kappa shape index (κ1) is 15.0. The molecule has 1 amide bonds. The zero-order chi connectivity index (χ0) is 15.6. The van der Waals surface area contributed by atoms with Gasteiger partial charge in [-0.3, -0.25) is 4.79 Å². The number of nitrogens with one attached hydrogen (secondary N) is 2. The molecule has 3 rings (SSSR count). The van der Waals surface area contributed by atoms with Crippen LogP contribution in [0.25, 0.3) is 0 Å². The van der Waals surface area contributed by atoms with E-state index >= 15 is 0 Å². The first-order valence-corrected chi connectivity index (χ1v) is 8.57. The molecule has 2 N–H and O–H groups in total. The molecule has 118 valence electrons. The molecule has 2 aliphatic rings. The Bertz CT molecular complexity index is 709. The summed E-state index contributed by atoms with van der Waals surface area (Å²) in [5.74, 6) is 0.0343. The van der Waals surface area contributed by atoms with E-state index in [1.807, 2.05) is 0 Å². The first-order valence-electron chi connectivity index (χ1n) is 7.13. The minimum absolute atomic E-state index is 0.0364. The number of nitrogens with zero attached hydrogens (tertiary/aromatic N) is 1. The van der Waals surface area contributed by atoms with Crippen LogP contribution < -0.4 is 10.6 Å². The van der Waals surface area contributed by atoms with Gasteiger partial charge in [0.2, 0.25) is 5.91 Å². The number of amidine groups is 1. The van der Waals surface area contributed by atoms with Gasteiger partial charge in [-0.05, 0) is 25.0 Å². The van der Waals surface area contributed by atoms with Crippen LogP contribution in [-0.4, -0.2) is 39.4 Å². The number of amides is 1. The lowest BCUT2D eigenvalue weighted by molar-refractivity contribution is -0.122. The number of carbonyl (C=O) groups excluding carboxylic acids is 1. The van der Waals surface area contributed by atoms with E-state index in [1.165, 1.54) is 6.07 Å². The number of anilines is 1. The summed E-state index contributed by atoms with van der Waals surface area (Å²) in [5.41, 5.74) is 0.473. The van der Waals surface area contributed by atoms with Crippen LogP contribution >= 0.6 is 0 Å². The highest BCUT2D eigenvalue weighted by molar-refractivity contribution is 7.90. The molecule has 0 spiro atoms. The van der Waals surface area contributed by atoms with Crippen LogP contribution in [0.4, 0.5) is 5.69 Å². The van der Waals surface area contributed by atoms with Crippen LogP contribution in [0.2, 0.25) is 0 Å². The van der Waals surface area contributed by atoms with Crippen molar-refractivity contribution in [3.8, 4) is 0 Å². The Hall–Kier alpha value is -1.93. The maximum Gasteiger partial charge on any atom is 0.286 e. The van der Waals surface area contributed by atoms with E-state index in [2.05, 4.69) is 15.0 Å². The number of carbonyl (C=O) groups is 1. The maximum absolute atomic E-state index is 12.0. The van der Waals surface area contributed by atoms with Gasteiger partial charge in [-0.25, -0.2) is 0 Å². The summed E-state index contributed by atoms with van der Waals surface area (Å²) in [6.07, 6.45) is 2.11. The third-order valence-electron chi connectivity index (χ3n) is 3.56. The van der Waals surface area contributed by atoms with Crippen molar-refractivity contribution in [2.75, 3.05) is 18.5 Å². The molecule has 0 radical (unpaired) electrons. The van der Waals surface area contributed by atoms with Crippen molar-refractivity contribution in [3.63, 3.8) is 0 Å². The summed E-state index contributed by atoms with van der Waals surface area (Å²) in [4.78, 5) is 12.0. The number of ether oxygens (including phenoxy) is 1. The normalized spacial score (nSPS) is 22.4. The fraction of sp³-hybridized carbons (Fsp3) is 0.429. The summed E-state index contributed by atoms with van der Waals surface area (Å²) < 4.78 is 33.2. The predicted molar refractivity (Wildman–Crippen MR) is 81.3 cm³/mol. The number of benzene rings is 1. The summed E-state index contributed by atoms with van der Waals surface area (Å²) in [7, 11) is -3.71. The van der Waals surface area contributed by atoms with E-state index < -0.39 is 10.0 Å². The van der Waals surface area contributed by atoms with Crippen molar-refractivity contribution < 1.29 is 17.9 Å². The van der Waals surface area contributed by atoms with Gasteiger partial charge >= 0.3 is 0 Å². The summed E-state index contributed by atoms with van der Waals surface area (Å²) >= 11 is 0. The number of para-hydroxylation sites is 1. The first-order chi connectivity index (χ1) is 10.5. The average Bonchev–Trinajstić information content (AvgIpc) is 2.97. The highest BCUT2D eigenvalue weighted by Crippen LogP contribution is 2.26. The minimum atomic E-state index is -3.71. The lowest BCUT2D eigenvalue weighted by atomic mass is 10.2. The van der Waals surface area contributed by atoms with Crippen LogP contribution in [0.1, 0.15) is 19.3 Å². The Labute approximate surface area is 128 Å². The molecule has 1 unspecified atom stereocenters. The fourth-order valence-corrected chi connectivity index (χ4v) is 3.66. The van der Waals surface area contributed by atoms with Crippen molar-refractivity contribution in [2.45, 2.75) is 30.3 Å². The van der Waals surface area contributed by atoms with Crippen molar-refractivity contribution >= 4 is 27.5 Å². The monoisotopic (exact) mass is 323 g/mol. The number of fused-ring (bicyclic) bond motifs is 1. The van der Waals surface area contributed by atoms with E-state index in [9.17, 15) is 13.2 Å². The number of hydrogen-bond acceptors (Lipinski definition) is 5. The van der Waals surface area contributed by atoms with Crippen molar-refractivity contribution in [3.05, 3.63) is 24.3 Å². The van der Waals surface area contributed by atoms with Crippen molar-refractivity contribution in [1.29, 1.82) is 0 Å². The molecule has 0 bridgehead atoms. The van der Waals surface area contributed by atoms with E-state index in [4.69, 9.17) is 4.74 Å². The predicted octanol–water partition coefficient (Wildman–Crippen LogP) is 0.885. The second-order valence-corrected chi connectivity index (χ2v) is 6.82. The molecule has 2 heterocycles. The van der Waals surface area contributed by atoms with Gasteiger partial charge in [0.1, 0.15) is 10.7 Å². The minimum Gasteiger partial charge on any atom is -0.378 e. The summed E-state index contributed by atoms with van der Waals surface area (Å²) in [6.45, 7) is 0.736. The summed E-state index contributed by atoms with van der Waals surface area (Å²) in [6, 6.07) is 6.53. The molecular weight excluding hydrogens is 306 g/mol. The quantitative estimate of drug-likeness (QED) is 0.857. The molecule has 1 saturated heterocycles. The topological polar surface area (TPSA) is 96.9 Å². The van der Waals surface area contributed by atoms with Gasteiger partial charge in [0, 0.05) is 6.61 Å². The zero-order valence-electron chi connectivity index (χ0n) is 11.9. The fourth-order valence-electron chi connectivity index (χ4n) is 2.51. The number of hydrogen-bond donors (Lipinski definition) is 2. The van der Waals surface area contributed by atoms with Crippen LogP contribution in [0.3, 0.4) is 0 Å². The van der Waals surface area contributed by atoms with Gasteiger partial charge in [-0.2, -0.15) is 8.42 Å². The number of rotatable bonds is 4. The molecule has 0 saturated carbocycles. The Morgan fingerprint density at radius 3 is 3.00 bits per heavy atom. The Kier molecular flexibility index (Phi) is 4.12. The van der Waals surface area contributed by atoms with Crippen LogP contribution in [0.15, 0.2) is 33.6 Å². The lowest BCUT2D eigenvalue weighted by Gasteiger charge is -2.18. The third-order valence-corrected chi connectivity index (χ3v) is 4.94. The molecular formula is C14H17N3O4S. The van der Waals surface area contributed by atoms with E-state index in [-0.39, 0.29) is 35.7 Å². The molecule has 8 heteroatoms. The van der Waals surface area contributed by atoms with E-state index in [1.54, 1.807) is 18.2 Å². The number of sulfonamides is 1. The molecule has 7 nitrogen and oxygen atoms in total.